The number of nitrogens with one attached hydrogen (secondary N) is 1. The van der Waals surface area contributed by atoms with Gasteiger partial charge in [0.15, 0.2) is 0 Å². The maximum absolute atomic E-state index is 8.45. The fourth-order valence-corrected chi connectivity index (χ4v) is 1.05. The summed E-state index contributed by atoms with van der Waals surface area (Å²) in [6.45, 7) is 4.16. The van der Waals surface area contributed by atoms with Gasteiger partial charge in [0.05, 0.1) is 18.7 Å². The van der Waals surface area contributed by atoms with Crippen molar-refractivity contribution in [3.8, 4) is 6.07 Å². The zero-order valence-electron chi connectivity index (χ0n) is 6.76. The first kappa shape index (κ1) is 7.80. The van der Waals surface area contributed by atoms with Crippen LogP contribution >= 0.6 is 0 Å². The minimum absolute atomic E-state index is 0.417. The second-order valence-electron chi connectivity index (χ2n) is 2.80. The van der Waals surface area contributed by atoms with Crippen LogP contribution in [0.4, 0.5) is 0 Å². The van der Waals surface area contributed by atoms with E-state index in [0.717, 1.165) is 11.3 Å². The number of nitriles is 1. The third-order valence-corrected chi connectivity index (χ3v) is 1.60. The van der Waals surface area contributed by atoms with Gasteiger partial charge in [0, 0.05) is 11.3 Å². The number of aromatic nitrogens is 2. The van der Waals surface area contributed by atoms with Gasteiger partial charge in [-0.15, -0.1) is 0 Å². The molecular weight excluding hydrogens is 138 g/mol. The lowest BCUT2D eigenvalue weighted by atomic mass is 10.1. The summed E-state index contributed by atoms with van der Waals surface area (Å²) < 4.78 is 0. The molecule has 0 unspecified atom stereocenters. The summed E-state index contributed by atoms with van der Waals surface area (Å²) in [7, 11) is 0. The van der Waals surface area contributed by atoms with Gasteiger partial charge in [-0.3, -0.25) is 5.10 Å². The molecule has 1 N–H and O–H groups in total. The lowest BCUT2D eigenvalue weighted by Crippen LogP contribution is -1.92. The molecular formula is C8H11N3. The van der Waals surface area contributed by atoms with Crippen LogP contribution in [0.15, 0.2) is 6.20 Å². The molecule has 0 saturated heterocycles. The predicted octanol–water partition coefficient (Wildman–Crippen LogP) is 1.60. The monoisotopic (exact) mass is 149 g/mol. The highest BCUT2D eigenvalue weighted by Gasteiger charge is 2.07. The quantitative estimate of drug-likeness (QED) is 0.694. The minimum atomic E-state index is 0.417. The van der Waals surface area contributed by atoms with E-state index in [2.05, 4.69) is 30.1 Å². The Bertz CT molecular complexity index is 267. The smallest absolute Gasteiger partial charge is 0.0671 e. The van der Waals surface area contributed by atoms with Crippen LogP contribution in [0.5, 0.6) is 0 Å². The number of H-pyrrole nitrogens is 1. The Morgan fingerprint density at radius 1 is 1.73 bits per heavy atom. The third-order valence-electron chi connectivity index (χ3n) is 1.60. The molecule has 0 amide bonds. The average Bonchev–Trinajstić information content (AvgIpc) is 2.36. The highest BCUT2D eigenvalue weighted by Crippen LogP contribution is 2.15. The van der Waals surface area contributed by atoms with E-state index in [1.807, 2.05) is 0 Å². The first-order valence-electron chi connectivity index (χ1n) is 3.64. The highest BCUT2D eigenvalue weighted by atomic mass is 15.1. The molecule has 1 rings (SSSR count). The van der Waals surface area contributed by atoms with E-state index in [1.54, 1.807) is 6.20 Å². The van der Waals surface area contributed by atoms with Crippen LogP contribution in [-0.4, -0.2) is 10.2 Å². The Morgan fingerprint density at radius 3 is 3.00 bits per heavy atom. The number of hydrogen-bond acceptors (Lipinski definition) is 2. The fourth-order valence-electron chi connectivity index (χ4n) is 1.05. The standard InChI is InChI=1S/C8H11N3/c1-6(2)8-7(3-4-9)5-10-11-8/h5-6H,3H2,1-2H3,(H,10,11). The van der Waals surface area contributed by atoms with Crippen molar-refractivity contribution in [2.24, 2.45) is 0 Å². The molecule has 0 fully saturated rings. The topological polar surface area (TPSA) is 52.5 Å². The molecule has 0 aliphatic heterocycles. The Hall–Kier alpha value is -1.30. The predicted molar refractivity (Wildman–Crippen MR) is 42.0 cm³/mol. The summed E-state index contributed by atoms with van der Waals surface area (Å²) in [6.07, 6.45) is 2.17. The zero-order chi connectivity index (χ0) is 8.27. The van der Waals surface area contributed by atoms with Gasteiger partial charge in [-0.2, -0.15) is 10.4 Å². The van der Waals surface area contributed by atoms with Gasteiger partial charge in [0.2, 0.25) is 0 Å². The van der Waals surface area contributed by atoms with Crippen molar-refractivity contribution in [1.29, 1.82) is 5.26 Å². The molecule has 11 heavy (non-hydrogen) atoms. The van der Waals surface area contributed by atoms with E-state index in [-0.39, 0.29) is 0 Å². The van der Waals surface area contributed by atoms with Crippen molar-refractivity contribution in [2.75, 3.05) is 0 Å². The van der Waals surface area contributed by atoms with E-state index >= 15 is 0 Å². The highest BCUT2D eigenvalue weighted by molar-refractivity contribution is 5.22. The van der Waals surface area contributed by atoms with Crippen LogP contribution in [0.2, 0.25) is 0 Å². The largest absolute Gasteiger partial charge is 0.282 e. The molecule has 1 heterocycles. The van der Waals surface area contributed by atoms with E-state index in [1.165, 1.54) is 0 Å². The molecule has 1 aromatic heterocycles. The van der Waals surface area contributed by atoms with E-state index in [0.29, 0.717) is 12.3 Å². The van der Waals surface area contributed by atoms with E-state index in [9.17, 15) is 0 Å². The normalized spacial score (nSPS) is 10.0. The third kappa shape index (κ3) is 1.58. The molecule has 0 aliphatic rings. The summed E-state index contributed by atoms with van der Waals surface area (Å²) in [5, 5.41) is 15.2. The van der Waals surface area contributed by atoms with Gasteiger partial charge in [0.25, 0.3) is 0 Å². The first-order valence-corrected chi connectivity index (χ1v) is 3.64. The Balaban J connectivity index is 2.89. The number of rotatable bonds is 2. The van der Waals surface area contributed by atoms with Gasteiger partial charge in [-0.1, -0.05) is 13.8 Å². The molecule has 0 atom stereocenters. The summed E-state index contributed by atoms with van der Waals surface area (Å²) in [6, 6.07) is 2.11. The number of aromatic amines is 1. The summed E-state index contributed by atoms with van der Waals surface area (Å²) in [4.78, 5) is 0. The van der Waals surface area contributed by atoms with Crippen LogP contribution in [0.3, 0.4) is 0 Å². The van der Waals surface area contributed by atoms with Crippen LogP contribution in [0.25, 0.3) is 0 Å². The maximum Gasteiger partial charge on any atom is 0.0671 e. The summed E-state index contributed by atoms with van der Waals surface area (Å²) >= 11 is 0. The lowest BCUT2D eigenvalue weighted by molar-refractivity contribution is 0.801. The van der Waals surface area contributed by atoms with Crippen molar-refractivity contribution >= 4 is 0 Å². The van der Waals surface area contributed by atoms with Gasteiger partial charge in [-0.05, 0) is 5.92 Å². The maximum atomic E-state index is 8.45. The number of nitrogens with zero attached hydrogens (tertiary/aromatic N) is 2. The lowest BCUT2D eigenvalue weighted by Gasteiger charge is -2.01. The Kier molecular flexibility index (Phi) is 2.27. The second-order valence-corrected chi connectivity index (χ2v) is 2.80. The Labute approximate surface area is 66.0 Å². The summed E-state index contributed by atoms with van der Waals surface area (Å²) in [5.41, 5.74) is 2.09. The number of hydrogen-bond donors (Lipinski definition) is 1. The second kappa shape index (κ2) is 3.20. The molecule has 0 aliphatic carbocycles. The Morgan fingerprint density at radius 2 is 2.45 bits per heavy atom. The van der Waals surface area contributed by atoms with Gasteiger partial charge in [0.1, 0.15) is 0 Å². The van der Waals surface area contributed by atoms with E-state index in [4.69, 9.17) is 5.26 Å². The van der Waals surface area contributed by atoms with Crippen molar-refractivity contribution in [3.05, 3.63) is 17.5 Å². The molecule has 0 aromatic carbocycles. The van der Waals surface area contributed by atoms with Crippen molar-refractivity contribution in [1.82, 2.24) is 10.2 Å². The molecule has 58 valence electrons. The zero-order valence-corrected chi connectivity index (χ0v) is 6.76. The van der Waals surface area contributed by atoms with Crippen LogP contribution in [0.1, 0.15) is 31.0 Å². The van der Waals surface area contributed by atoms with Gasteiger partial charge >= 0.3 is 0 Å². The van der Waals surface area contributed by atoms with Crippen molar-refractivity contribution in [2.45, 2.75) is 26.2 Å². The average molecular weight is 149 g/mol. The molecule has 0 spiro atoms. The SMILES string of the molecule is CC(C)c1[nH]ncc1CC#N. The van der Waals surface area contributed by atoms with Gasteiger partial charge in [-0.25, -0.2) is 0 Å². The molecule has 0 radical (unpaired) electrons. The summed E-state index contributed by atoms with van der Waals surface area (Å²) in [5.74, 6) is 0.417. The molecule has 0 saturated carbocycles. The van der Waals surface area contributed by atoms with Crippen LogP contribution in [-0.2, 0) is 6.42 Å². The molecule has 0 bridgehead atoms. The minimum Gasteiger partial charge on any atom is -0.282 e. The van der Waals surface area contributed by atoms with E-state index < -0.39 is 0 Å². The molecule has 1 aromatic rings. The molecule has 3 heteroatoms. The van der Waals surface area contributed by atoms with Crippen molar-refractivity contribution < 1.29 is 0 Å². The fraction of sp³-hybridized carbons (Fsp3) is 0.500. The van der Waals surface area contributed by atoms with Crippen molar-refractivity contribution in [3.63, 3.8) is 0 Å². The van der Waals surface area contributed by atoms with Crippen LogP contribution in [0, 0.1) is 11.3 Å². The van der Waals surface area contributed by atoms with Crippen LogP contribution < -0.4 is 0 Å². The first-order chi connectivity index (χ1) is 5.25. The van der Waals surface area contributed by atoms with Gasteiger partial charge < -0.3 is 0 Å². The molecule has 3 nitrogen and oxygen atoms in total.